The SMILES string of the molecule is CN1Cc2c(Br)cc(F)cc2C1=O. The molecule has 13 heavy (non-hydrogen) atoms. The standard InChI is InChI=1S/C9H7BrFNO/c1-12-4-7-6(9(12)13)2-5(11)3-8(7)10/h2-3H,4H2,1H3. The fourth-order valence-corrected chi connectivity index (χ4v) is 2.03. The van der Waals surface area contributed by atoms with Crippen LogP contribution in [0.1, 0.15) is 15.9 Å². The maximum atomic E-state index is 12.9. The molecule has 1 aliphatic heterocycles. The Morgan fingerprint density at radius 2 is 2.23 bits per heavy atom. The summed E-state index contributed by atoms with van der Waals surface area (Å²) in [4.78, 5) is 13.0. The minimum atomic E-state index is -0.380. The number of carbonyl (C=O) groups excluding carboxylic acids is 1. The van der Waals surface area contributed by atoms with E-state index in [-0.39, 0.29) is 11.7 Å². The van der Waals surface area contributed by atoms with Gasteiger partial charge in [-0.1, -0.05) is 15.9 Å². The van der Waals surface area contributed by atoms with Gasteiger partial charge in [0.1, 0.15) is 5.82 Å². The quantitative estimate of drug-likeness (QED) is 0.684. The minimum Gasteiger partial charge on any atom is -0.337 e. The Bertz CT molecular complexity index is 391. The van der Waals surface area contributed by atoms with E-state index in [1.165, 1.54) is 12.1 Å². The number of hydrogen-bond acceptors (Lipinski definition) is 1. The van der Waals surface area contributed by atoms with Gasteiger partial charge in [-0.25, -0.2) is 4.39 Å². The molecule has 2 nitrogen and oxygen atoms in total. The lowest BCUT2D eigenvalue weighted by atomic mass is 10.1. The summed E-state index contributed by atoms with van der Waals surface area (Å²) in [5.41, 5.74) is 1.34. The first-order chi connectivity index (χ1) is 6.09. The normalized spacial score (nSPS) is 15.0. The van der Waals surface area contributed by atoms with Crippen LogP contribution in [-0.2, 0) is 6.54 Å². The van der Waals surface area contributed by atoms with Crippen LogP contribution in [0, 0.1) is 5.82 Å². The van der Waals surface area contributed by atoms with Gasteiger partial charge in [-0.3, -0.25) is 4.79 Å². The summed E-state index contributed by atoms with van der Waals surface area (Å²) in [5.74, 6) is -0.496. The first-order valence-corrected chi connectivity index (χ1v) is 4.62. The van der Waals surface area contributed by atoms with Crippen molar-refractivity contribution in [1.29, 1.82) is 0 Å². The van der Waals surface area contributed by atoms with E-state index in [0.717, 1.165) is 5.56 Å². The Morgan fingerprint density at radius 3 is 2.92 bits per heavy atom. The molecule has 0 atom stereocenters. The Balaban J connectivity index is 2.64. The highest BCUT2D eigenvalue weighted by molar-refractivity contribution is 9.10. The van der Waals surface area contributed by atoms with Gasteiger partial charge in [0.25, 0.3) is 5.91 Å². The topological polar surface area (TPSA) is 20.3 Å². The third-order valence-corrected chi connectivity index (χ3v) is 2.84. The number of carbonyl (C=O) groups is 1. The molecule has 1 heterocycles. The summed E-state index contributed by atoms with van der Waals surface area (Å²) in [6.45, 7) is 0.551. The smallest absolute Gasteiger partial charge is 0.254 e. The number of fused-ring (bicyclic) bond motifs is 1. The molecule has 0 N–H and O–H groups in total. The maximum absolute atomic E-state index is 12.9. The molecule has 1 aromatic rings. The zero-order valence-electron chi connectivity index (χ0n) is 6.97. The Labute approximate surface area is 83.5 Å². The summed E-state index contributed by atoms with van der Waals surface area (Å²) in [6.07, 6.45) is 0. The third kappa shape index (κ3) is 1.25. The van der Waals surface area contributed by atoms with E-state index < -0.39 is 0 Å². The Morgan fingerprint density at radius 1 is 1.54 bits per heavy atom. The lowest BCUT2D eigenvalue weighted by Gasteiger charge is -2.04. The molecule has 68 valence electrons. The van der Waals surface area contributed by atoms with Crippen LogP contribution < -0.4 is 0 Å². The molecule has 1 aromatic carbocycles. The second-order valence-electron chi connectivity index (χ2n) is 3.07. The van der Waals surface area contributed by atoms with Crippen LogP contribution >= 0.6 is 15.9 Å². The van der Waals surface area contributed by atoms with Gasteiger partial charge in [0.15, 0.2) is 0 Å². The van der Waals surface area contributed by atoms with Crippen molar-refractivity contribution in [2.75, 3.05) is 7.05 Å². The Hall–Kier alpha value is -0.900. The van der Waals surface area contributed by atoms with Crippen molar-refractivity contribution < 1.29 is 9.18 Å². The van der Waals surface area contributed by atoms with Crippen LogP contribution in [0.2, 0.25) is 0 Å². The number of amides is 1. The van der Waals surface area contributed by atoms with Crippen LogP contribution in [0.15, 0.2) is 16.6 Å². The van der Waals surface area contributed by atoms with Gasteiger partial charge >= 0.3 is 0 Å². The molecule has 0 spiro atoms. The lowest BCUT2D eigenvalue weighted by Crippen LogP contribution is -2.17. The van der Waals surface area contributed by atoms with Gasteiger partial charge < -0.3 is 4.90 Å². The fourth-order valence-electron chi connectivity index (χ4n) is 1.47. The van der Waals surface area contributed by atoms with Crippen molar-refractivity contribution in [1.82, 2.24) is 4.90 Å². The molecule has 4 heteroatoms. The van der Waals surface area contributed by atoms with Gasteiger partial charge in [-0.2, -0.15) is 0 Å². The van der Waals surface area contributed by atoms with Crippen molar-refractivity contribution in [3.63, 3.8) is 0 Å². The molecule has 0 bridgehead atoms. The number of halogens is 2. The predicted molar refractivity (Wildman–Crippen MR) is 49.9 cm³/mol. The van der Waals surface area contributed by atoms with E-state index in [1.54, 1.807) is 11.9 Å². The third-order valence-electron chi connectivity index (χ3n) is 2.13. The number of hydrogen-bond donors (Lipinski definition) is 0. The molecule has 0 saturated heterocycles. The molecular weight excluding hydrogens is 237 g/mol. The maximum Gasteiger partial charge on any atom is 0.254 e. The van der Waals surface area contributed by atoms with Gasteiger partial charge in [-0.15, -0.1) is 0 Å². The Kier molecular flexibility index (Phi) is 1.87. The highest BCUT2D eigenvalue weighted by atomic mass is 79.9. The van der Waals surface area contributed by atoms with Gasteiger partial charge in [0, 0.05) is 23.6 Å². The highest BCUT2D eigenvalue weighted by Gasteiger charge is 2.26. The molecule has 0 aromatic heterocycles. The van der Waals surface area contributed by atoms with Crippen LogP contribution in [0.25, 0.3) is 0 Å². The molecule has 0 fully saturated rings. The van der Waals surface area contributed by atoms with Crippen molar-refractivity contribution in [2.24, 2.45) is 0 Å². The molecule has 0 radical (unpaired) electrons. The lowest BCUT2D eigenvalue weighted by molar-refractivity contribution is 0.0816. The van der Waals surface area contributed by atoms with Gasteiger partial charge in [0.2, 0.25) is 0 Å². The summed E-state index contributed by atoms with van der Waals surface area (Å²) in [7, 11) is 1.70. The van der Waals surface area contributed by atoms with Gasteiger partial charge in [0.05, 0.1) is 0 Å². The monoisotopic (exact) mass is 243 g/mol. The molecule has 2 rings (SSSR count). The van der Waals surface area contributed by atoms with E-state index in [9.17, 15) is 9.18 Å². The molecule has 0 saturated carbocycles. The second kappa shape index (κ2) is 2.80. The van der Waals surface area contributed by atoms with E-state index in [4.69, 9.17) is 0 Å². The van der Waals surface area contributed by atoms with Crippen molar-refractivity contribution in [3.05, 3.63) is 33.5 Å². The number of rotatable bonds is 0. The zero-order chi connectivity index (χ0) is 9.59. The summed E-state index contributed by atoms with van der Waals surface area (Å²) in [5, 5.41) is 0. The summed E-state index contributed by atoms with van der Waals surface area (Å²) in [6, 6.07) is 2.66. The number of benzene rings is 1. The fraction of sp³-hybridized carbons (Fsp3) is 0.222. The van der Waals surface area contributed by atoms with Crippen molar-refractivity contribution in [3.8, 4) is 0 Å². The van der Waals surface area contributed by atoms with Crippen molar-refractivity contribution in [2.45, 2.75) is 6.54 Å². The second-order valence-corrected chi connectivity index (χ2v) is 3.93. The van der Waals surface area contributed by atoms with E-state index in [1.807, 2.05) is 0 Å². The summed E-state index contributed by atoms with van der Waals surface area (Å²) < 4.78 is 13.6. The van der Waals surface area contributed by atoms with E-state index in [2.05, 4.69) is 15.9 Å². The molecule has 0 unspecified atom stereocenters. The molecule has 1 amide bonds. The first kappa shape index (κ1) is 8.69. The average Bonchev–Trinajstić information content (AvgIpc) is 2.32. The van der Waals surface area contributed by atoms with E-state index in [0.29, 0.717) is 16.6 Å². The highest BCUT2D eigenvalue weighted by Crippen LogP contribution is 2.29. The van der Waals surface area contributed by atoms with Crippen LogP contribution in [0.4, 0.5) is 4.39 Å². The molecular formula is C9H7BrFNO. The average molecular weight is 244 g/mol. The largest absolute Gasteiger partial charge is 0.337 e. The van der Waals surface area contributed by atoms with Gasteiger partial charge in [-0.05, 0) is 17.7 Å². The summed E-state index contributed by atoms with van der Waals surface area (Å²) >= 11 is 3.23. The molecule has 0 aliphatic carbocycles. The molecule has 1 aliphatic rings. The number of nitrogens with zero attached hydrogens (tertiary/aromatic N) is 1. The van der Waals surface area contributed by atoms with Crippen molar-refractivity contribution >= 4 is 21.8 Å². The van der Waals surface area contributed by atoms with E-state index >= 15 is 0 Å². The van der Waals surface area contributed by atoms with Crippen LogP contribution in [-0.4, -0.2) is 17.9 Å². The predicted octanol–water partition coefficient (Wildman–Crippen LogP) is 2.17. The van der Waals surface area contributed by atoms with Crippen LogP contribution in [0.5, 0.6) is 0 Å². The zero-order valence-corrected chi connectivity index (χ0v) is 8.56. The minimum absolute atomic E-state index is 0.116. The first-order valence-electron chi connectivity index (χ1n) is 3.83. The van der Waals surface area contributed by atoms with Crippen LogP contribution in [0.3, 0.4) is 0 Å².